The molecule has 1 aliphatic rings. The van der Waals surface area contributed by atoms with Gasteiger partial charge >= 0.3 is 0 Å². The average Bonchev–Trinajstić information content (AvgIpc) is 2.71. The third kappa shape index (κ3) is 7.96. The van der Waals surface area contributed by atoms with E-state index in [9.17, 15) is 9.90 Å². The second kappa shape index (κ2) is 12.9. The molecule has 0 saturated carbocycles. The van der Waals surface area contributed by atoms with Crippen molar-refractivity contribution >= 4 is 28.9 Å². The molecule has 1 amide bonds. The standard InChI is InChI=1S/C24H38N2O4S/c1-17(2)23-24(28)25-20(16-27)14-19-10-11-21(15-22(19)26(23)4)30-13-9-7-5-6-8-12-29-18(3)31/h10-11,15,17,20,23,27H,5-9,12-14,16H2,1-4H3,(H,25,28)/t20?,23-/m0/s1. The van der Waals surface area contributed by atoms with Crippen molar-refractivity contribution in [3.63, 3.8) is 0 Å². The van der Waals surface area contributed by atoms with Crippen LogP contribution in [0, 0.1) is 5.92 Å². The van der Waals surface area contributed by atoms with Gasteiger partial charge in [0.2, 0.25) is 5.91 Å². The van der Waals surface area contributed by atoms with Gasteiger partial charge in [0.1, 0.15) is 11.8 Å². The maximum Gasteiger partial charge on any atom is 0.243 e. The van der Waals surface area contributed by atoms with Gasteiger partial charge in [0.15, 0.2) is 5.05 Å². The molecule has 1 aromatic carbocycles. The first-order chi connectivity index (χ1) is 14.8. The van der Waals surface area contributed by atoms with Crippen LogP contribution in [-0.2, 0) is 16.0 Å². The fourth-order valence-electron chi connectivity index (χ4n) is 4.06. The minimum absolute atomic E-state index is 0.0420. The number of likely N-dealkylation sites (N-methyl/N-ethyl adjacent to an activating group) is 1. The molecule has 1 aliphatic heterocycles. The van der Waals surface area contributed by atoms with Crippen molar-refractivity contribution in [2.75, 3.05) is 31.8 Å². The summed E-state index contributed by atoms with van der Waals surface area (Å²) in [6, 6.07) is 5.50. The third-order valence-electron chi connectivity index (χ3n) is 5.65. The molecule has 0 fully saturated rings. The number of unbranched alkanes of at least 4 members (excludes halogenated alkanes) is 4. The van der Waals surface area contributed by atoms with E-state index in [4.69, 9.17) is 21.7 Å². The van der Waals surface area contributed by atoms with Crippen molar-refractivity contribution in [2.45, 2.75) is 71.4 Å². The van der Waals surface area contributed by atoms with Crippen LogP contribution in [0.5, 0.6) is 5.75 Å². The van der Waals surface area contributed by atoms with E-state index in [1.54, 1.807) is 6.92 Å². The summed E-state index contributed by atoms with van der Waals surface area (Å²) >= 11 is 4.90. The van der Waals surface area contributed by atoms with Gasteiger partial charge in [-0.2, -0.15) is 0 Å². The van der Waals surface area contributed by atoms with Crippen LogP contribution in [-0.4, -0.2) is 55.0 Å². The van der Waals surface area contributed by atoms with Crippen LogP contribution < -0.4 is 15.0 Å². The highest BCUT2D eigenvalue weighted by Crippen LogP contribution is 2.31. The average molecular weight is 451 g/mol. The molecular weight excluding hydrogens is 412 g/mol. The molecule has 2 atom stereocenters. The number of hydrogen-bond acceptors (Lipinski definition) is 6. The fraction of sp³-hybridized carbons (Fsp3) is 0.667. The molecule has 0 saturated heterocycles. The Hall–Kier alpha value is -1.86. The van der Waals surface area contributed by atoms with E-state index in [0.717, 1.165) is 49.1 Å². The van der Waals surface area contributed by atoms with Crippen molar-refractivity contribution in [3.05, 3.63) is 23.8 Å². The van der Waals surface area contributed by atoms with Gasteiger partial charge in [0.05, 0.1) is 25.9 Å². The molecule has 0 radical (unpaired) electrons. The van der Waals surface area contributed by atoms with Crippen LogP contribution in [0.4, 0.5) is 5.69 Å². The molecule has 31 heavy (non-hydrogen) atoms. The fourth-order valence-corrected chi connectivity index (χ4v) is 4.15. The number of carbonyl (C=O) groups is 1. The minimum atomic E-state index is -0.297. The van der Waals surface area contributed by atoms with E-state index >= 15 is 0 Å². The minimum Gasteiger partial charge on any atom is -0.494 e. The Labute approximate surface area is 192 Å². The molecule has 174 valence electrons. The van der Waals surface area contributed by atoms with Gasteiger partial charge in [-0.25, -0.2) is 0 Å². The summed E-state index contributed by atoms with van der Waals surface area (Å²) in [5, 5.41) is 13.3. The number of nitrogens with zero attached hydrogens (tertiary/aromatic N) is 1. The van der Waals surface area contributed by atoms with Gasteiger partial charge in [0, 0.05) is 25.7 Å². The van der Waals surface area contributed by atoms with Crippen molar-refractivity contribution in [2.24, 2.45) is 5.92 Å². The first-order valence-electron chi connectivity index (χ1n) is 11.4. The van der Waals surface area contributed by atoms with Crippen LogP contribution in [0.2, 0.25) is 0 Å². The molecule has 0 spiro atoms. The number of nitrogens with one attached hydrogen (secondary N) is 1. The third-order valence-corrected chi connectivity index (χ3v) is 5.77. The summed E-state index contributed by atoms with van der Waals surface area (Å²) in [4.78, 5) is 14.8. The number of benzene rings is 1. The Balaban J connectivity index is 1.92. The summed E-state index contributed by atoms with van der Waals surface area (Å²) < 4.78 is 11.3. The lowest BCUT2D eigenvalue weighted by molar-refractivity contribution is -0.124. The first-order valence-corrected chi connectivity index (χ1v) is 11.8. The van der Waals surface area contributed by atoms with Crippen LogP contribution in [0.25, 0.3) is 0 Å². The molecule has 0 aromatic heterocycles. The van der Waals surface area contributed by atoms with E-state index in [0.29, 0.717) is 24.7 Å². The number of aliphatic hydroxyl groups is 1. The number of carbonyl (C=O) groups excluding carboxylic acids is 1. The SMILES string of the molecule is CC(=S)OCCCCCCCOc1ccc2c(c1)N(C)[C@@H](C(C)C)C(=O)NC(CO)C2. The van der Waals surface area contributed by atoms with Gasteiger partial charge in [-0.05, 0) is 49.0 Å². The van der Waals surface area contributed by atoms with Crippen molar-refractivity contribution in [1.29, 1.82) is 0 Å². The monoisotopic (exact) mass is 450 g/mol. The lowest BCUT2D eigenvalue weighted by atomic mass is 9.95. The molecule has 1 unspecified atom stereocenters. The summed E-state index contributed by atoms with van der Waals surface area (Å²) in [5.41, 5.74) is 2.10. The number of hydrogen-bond donors (Lipinski definition) is 2. The van der Waals surface area contributed by atoms with Crippen molar-refractivity contribution in [3.8, 4) is 5.75 Å². The van der Waals surface area contributed by atoms with Gasteiger partial charge < -0.3 is 24.8 Å². The van der Waals surface area contributed by atoms with Crippen LogP contribution in [0.1, 0.15) is 58.4 Å². The normalized spacial score (nSPS) is 18.8. The lowest BCUT2D eigenvalue weighted by Gasteiger charge is -2.37. The van der Waals surface area contributed by atoms with Gasteiger partial charge in [-0.3, -0.25) is 4.79 Å². The van der Waals surface area contributed by atoms with E-state index in [-0.39, 0.29) is 30.5 Å². The van der Waals surface area contributed by atoms with Gasteiger partial charge in [-0.1, -0.05) is 39.2 Å². The number of rotatable bonds is 11. The maximum absolute atomic E-state index is 12.7. The van der Waals surface area contributed by atoms with Gasteiger partial charge in [0.25, 0.3) is 0 Å². The Bertz CT molecular complexity index is 726. The van der Waals surface area contributed by atoms with Gasteiger partial charge in [-0.15, -0.1) is 0 Å². The number of thiocarbonyl (C=S) groups is 1. The number of ether oxygens (including phenoxy) is 2. The highest BCUT2D eigenvalue weighted by Gasteiger charge is 2.32. The Morgan fingerprint density at radius 2 is 1.90 bits per heavy atom. The zero-order chi connectivity index (χ0) is 22.8. The zero-order valence-corrected chi connectivity index (χ0v) is 20.2. The Kier molecular flexibility index (Phi) is 10.5. The lowest BCUT2D eigenvalue weighted by Crippen LogP contribution is -2.54. The van der Waals surface area contributed by atoms with Crippen LogP contribution >= 0.6 is 12.2 Å². The highest BCUT2D eigenvalue weighted by molar-refractivity contribution is 7.80. The first kappa shape index (κ1) is 25.4. The van der Waals surface area contributed by atoms with E-state index in [1.165, 1.54) is 0 Å². The maximum atomic E-state index is 12.7. The van der Waals surface area contributed by atoms with Crippen LogP contribution in [0.15, 0.2) is 18.2 Å². The molecule has 1 aromatic rings. The van der Waals surface area contributed by atoms with Crippen molar-refractivity contribution < 1.29 is 19.4 Å². The molecule has 0 aliphatic carbocycles. The molecule has 2 N–H and O–H groups in total. The molecule has 6 nitrogen and oxygen atoms in total. The molecular formula is C24H38N2O4S. The highest BCUT2D eigenvalue weighted by atomic mass is 32.1. The molecule has 2 rings (SSSR count). The summed E-state index contributed by atoms with van der Waals surface area (Å²) in [6.45, 7) is 7.19. The molecule has 7 heteroatoms. The van der Waals surface area contributed by atoms with E-state index < -0.39 is 0 Å². The summed E-state index contributed by atoms with van der Waals surface area (Å²) in [7, 11) is 1.96. The smallest absolute Gasteiger partial charge is 0.243 e. The molecule has 0 bridgehead atoms. The number of anilines is 1. The predicted molar refractivity (Wildman–Crippen MR) is 129 cm³/mol. The topological polar surface area (TPSA) is 71.0 Å². The van der Waals surface area contributed by atoms with E-state index in [2.05, 4.69) is 11.4 Å². The largest absolute Gasteiger partial charge is 0.494 e. The Morgan fingerprint density at radius 1 is 1.23 bits per heavy atom. The number of aliphatic hydroxyl groups excluding tert-OH is 1. The second-order valence-corrected chi connectivity index (χ2v) is 9.21. The second-order valence-electron chi connectivity index (χ2n) is 8.64. The summed E-state index contributed by atoms with van der Waals surface area (Å²) in [6.07, 6.45) is 6.05. The quantitative estimate of drug-likeness (QED) is 0.394. The predicted octanol–water partition coefficient (Wildman–Crippen LogP) is 3.87. The van der Waals surface area contributed by atoms with Crippen molar-refractivity contribution in [1.82, 2.24) is 5.32 Å². The summed E-state index contributed by atoms with van der Waals surface area (Å²) in [5.74, 6) is 0.914. The number of amides is 1. The van der Waals surface area contributed by atoms with Crippen LogP contribution in [0.3, 0.4) is 0 Å². The Morgan fingerprint density at radius 3 is 2.55 bits per heavy atom. The van der Waals surface area contributed by atoms with E-state index in [1.807, 2.05) is 37.9 Å². The molecule has 1 heterocycles. The zero-order valence-electron chi connectivity index (χ0n) is 19.4. The number of fused-ring (bicyclic) bond motifs is 1.